The van der Waals surface area contributed by atoms with Gasteiger partial charge in [0.25, 0.3) is 0 Å². The lowest BCUT2D eigenvalue weighted by Crippen LogP contribution is -2.53. The maximum Gasteiger partial charge on any atom is 0.322 e. The summed E-state index contributed by atoms with van der Waals surface area (Å²) in [6, 6.07) is 12.2. The minimum absolute atomic E-state index is 0. The van der Waals surface area contributed by atoms with Gasteiger partial charge in [-0.05, 0) is 36.1 Å². The second kappa shape index (κ2) is 11.2. The van der Waals surface area contributed by atoms with Crippen molar-refractivity contribution in [2.75, 3.05) is 13.3 Å². The van der Waals surface area contributed by atoms with Crippen LogP contribution in [0.5, 0.6) is 11.5 Å². The van der Waals surface area contributed by atoms with Gasteiger partial charge in [0.05, 0.1) is 6.04 Å². The van der Waals surface area contributed by atoms with Gasteiger partial charge >= 0.3 is 11.9 Å². The van der Waals surface area contributed by atoms with Crippen LogP contribution in [0.2, 0.25) is 0 Å². The van der Waals surface area contributed by atoms with E-state index in [-0.39, 0.29) is 32.0 Å². The molecule has 2 aromatic carbocycles. The number of carboxylic acids is 2. The van der Waals surface area contributed by atoms with Gasteiger partial charge in [0.1, 0.15) is 12.6 Å². The molecule has 0 bridgehead atoms. The van der Waals surface area contributed by atoms with Crippen LogP contribution in [-0.2, 0) is 27.2 Å². The number of carbonyl (C=O) groups is 3. The quantitative estimate of drug-likeness (QED) is 0.424. The Bertz CT molecular complexity index is 923. The van der Waals surface area contributed by atoms with E-state index in [1.54, 1.807) is 42.5 Å². The SMILES string of the molecule is Cl.O=C(O)CNC(=O)[C@H](Cc1ccc2c(c1)OCO2)NC(Cc1ccccc1)C(=O)O. The van der Waals surface area contributed by atoms with Gasteiger partial charge in [-0.25, -0.2) is 0 Å². The minimum atomic E-state index is -1.19. The van der Waals surface area contributed by atoms with Gasteiger partial charge in [-0.15, -0.1) is 12.4 Å². The summed E-state index contributed by atoms with van der Waals surface area (Å²) >= 11 is 0. The maximum atomic E-state index is 12.6. The van der Waals surface area contributed by atoms with Crippen LogP contribution >= 0.6 is 12.4 Å². The van der Waals surface area contributed by atoms with Gasteiger partial charge < -0.3 is 25.0 Å². The third-order valence-corrected chi connectivity index (χ3v) is 4.59. The van der Waals surface area contributed by atoms with Crippen molar-refractivity contribution in [3.63, 3.8) is 0 Å². The summed E-state index contributed by atoms with van der Waals surface area (Å²) in [4.78, 5) is 35.2. The van der Waals surface area contributed by atoms with Gasteiger partial charge in [-0.1, -0.05) is 36.4 Å². The second-order valence-electron chi connectivity index (χ2n) is 6.80. The number of halogens is 1. The number of benzene rings is 2. The van der Waals surface area contributed by atoms with Crippen molar-refractivity contribution < 1.29 is 34.1 Å². The van der Waals surface area contributed by atoms with E-state index >= 15 is 0 Å². The molecule has 0 radical (unpaired) electrons. The summed E-state index contributed by atoms with van der Waals surface area (Å²) in [6.07, 6.45) is 0.306. The normalized spacial score (nSPS) is 13.5. The Morgan fingerprint density at radius 1 is 0.903 bits per heavy atom. The molecule has 1 aliphatic heterocycles. The highest BCUT2D eigenvalue weighted by Crippen LogP contribution is 2.32. The van der Waals surface area contributed by atoms with Crippen molar-refractivity contribution in [1.82, 2.24) is 10.6 Å². The van der Waals surface area contributed by atoms with Crippen LogP contribution in [0.4, 0.5) is 0 Å². The highest BCUT2D eigenvalue weighted by molar-refractivity contribution is 5.86. The molecule has 166 valence electrons. The van der Waals surface area contributed by atoms with Crippen molar-refractivity contribution in [3.8, 4) is 11.5 Å². The third-order valence-electron chi connectivity index (χ3n) is 4.59. The molecule has 4 N–H and O–H groups in total. The molecule has 0 aromatic heterocycles. The largest absolute Gasteiger partial charge is 0.480 e. The van der Waals surface area contributed by atoms with Crippen LogP contribution < -0.4 is 20.1 Å². The summed E-state index contributed by atoms with van der Waals surface area (Å²) in [5.41, 5.74) is 1.51. The van der Waals surface area contributed by atoms with E-state index in [1.807, 2.05) is 6.07 Å². The predicted octanol–water partition coefficient (Wildman–Crippen LogP) is 1.23. The average Bonchev–Trinajstić information content (AvgIpc) is 3.19. The number of hydrogen-bond acceptors (Lipinski definition) is 6. The predicted molar refractivity (Wildman–Crippen MR) is 113 cm³/mol. The van der Waals surface area contributed by atoms with Crippen molar-refractivity contribution in [2.24, 2.45) is 0 Å². The van der Waals surface area contributed by atoms with Crippen molar-refractivity contribution in [3.05, 3.63) is 59.7 Å². The van der Waals surface area contributed by atoms with E-state index in [2.05, 4.69) is 10.6 Å². The summed E-state index contributed by atoms with van der Waals surface area (Å²) in [7, 11) is 0. The minimum Gasteiger partial charge on any atom is -0.480 e. The fourth-order valence-electron chi connectivity index (χ4n) is 3.13. The van der Waals surface area contributed by atoms with E-state index in [0.29, 0.717) is 17.1 Å². The Kier molecular flexibility index (Phi) is 8.65. The highest BCUT2D eigenvalue weighted by Gasteiger charge is 2.27. The molecule has 2 atom stereocenters. The molecule has 2 aromatic rings. The first kappa shape index (κ1) is 24.0. The number of carboxylic acid groups (broad SMARTS) is 2. The molecule has 0 aliphatic carbocycles. The van der Waals surface area contributed by atoms with Crippen LogP contribution in [0.3, 0.4) is 0 Å². The lowest BCUT2D eigenvalue weighted by molar-refractivity contribution is -0.141. The van der Waals surface area contributed by atoms with Gasteiger partial charge in [-0.3, -0.25) is 19.7 Å². The highest BCUT2D eigenvalue weighted by atomic mass is 35.5. The molecule has 0 fully saturated rings. The zero-order chi connectivity index (χ0) is 21.5. The fraction of sp³-hybridized carbons (Fsp3) is 0.286. The van der Waals surface area contributed by atoms with Gasteiger partial charge in [-0.2, -0.15) is 0 Å². The number of nitrogens with one attached hydrogen (secondary N) is 2. The molecular formula is C21H23ClN2O7. The van der Waals surface area contributed by atoms with Crippen LogP contribution in [0.15, 0.2) is 48.5 Å². The molecule has 0 spiro atoms. The first-order chi connectivity index (χ1) is 14.4. The van der Waals surface area contributed by atoms with E-state index in [1.165, 1.54) is 0 Å². The fourth-order valence-corrected chi connectivity index (χ4v) is 3.13. The lowest BCUT2D eigenvalue weighted by atomic mass is 10.0. The van der Waals surface area contributed by atoms with Gasteiger partial charge in [0.2, 0.25) is 12.7 Å². The Hall–Kier alpha value is -3.30. The number of carbonyl (C=O) groups excluding carboxylic acids is 1. The van der Waals surface area contributed by atoms with Crippen molar-refractivity contribution >= 4 is 30.3 Å². The van der Waals surface area contributed by atoms with E-state index in [4.69, 9.17) is 14.6 Å². The number of rotatable bonds is 10. The van der Waals surface area contributed by atoms with Crippen molar-refractivity contribution in [1.29, 1.82) is 0 Å². The molecule has 1 amide bonds. The maximum absolute atomic E-state index is 12.6. The summed E-state index contributed by atoms with van der Waals surface area (Å²) < 4.78 is 10.6. The first-order valence-corrected chi connectivity index (χ1v) is 9.33. The number of ether oxygens (including phenoxy) is 2. The Morgan fingerprint density at radius 3 is 2.26 bits per heavy atom. The van der Waals surface area contributed by atoms with E-state index in [9.17, 15) is 19.5 Å². The van der Waals surface area contributed by atoms with E-state index in [0.717, 1.165) is 5.56 Å². The smallest absolute Gasteiger partial charge is 0.322 e. The topological polar surface area (TPSA) is 134 Å². The Balaban J connectivity index is 0.00000341. The number of fused-ring (bicyclic) bond motifs is 1. The average molecular weight is 451 g/mol. The second-order valence-corrected chi connectivity index (χ2v) is 6.80. The Morgan fingerprint density at radius 2 is 1.58 bits per heavy atom. The van der Waals surface area contributed by atoms with Gasteiger partial charge in [0.15, 0.2) is 11.5 Å². The monoisotopic (exact) mass is 450 g/mol. The molecule has 1 aliphatic rings. The molecule has 1 unspecified atom stereocenters. The molecule has 9 nitrogen and oxygen atoms in total. The molecule has 0 saturated carbocycles. The first-order valence-electron chi connectivity index (χ1n) is 9.33. The molecule has 3 rings (SSSR count). The van der Waals surface area contributed by atoms with Gasteiger partial charge in [0, 0.05) is 0 Å². The summed E-state index contributed by atoms with van der Waals surface area (Å²) in [6.45, 7) is -0.452. The number of aliphatic carboxylic acids is 2. The molecule has 31 heavy (non-hydrogen) atoms. The zero-order valence-corrected chi connectivity index (χ0v) is 17.3. The summed E-state index contributed by atoms with van der Waals surface area (Å²) in [5.74, 6) is -1.78. The number of hydrogen-bond donors (Lipinski definition) is 4. The third kappa shape index (κ3) is 6.87. The van der Waals surface area contributed by atoms with Crippen LogP contribution in [0.25, 0.3) is 0 Å². The van der Waals surface area contributed by atoms with Crippen LogP contribution in [0, 0.1) is 0 Å². The Labute approximate surface area is 184 Å². The standard InChI is InChI=1S/C21H22N2O7.ClH/c24-19(25)11-22-20(26)15(9-14-6-7-17-18(10-14)30-12-29-17)23-16(21(27)28)8-13-4-2-1-3-5-13;/h1-7,10,15-16,23H,8-9,11-12H2,(H,22,26)(H,24,25)(H,27,28);1H/t15-,16?;/m0./s1. The zero-order valence-electron chi connectivity index (χ0n) is 16.4. The lowest BCUT2D eigenvalue weighted by Gasteiger charge is -2.23. The molecule has 1 heterocycles. The molecule has 10 heteroatoms. The van der Waals surface area contributed by atoms with Crippen LogP contribution in [0.1, 0.15) is 11.1 Å². The van der Waals surface area contributed by atoms with Crippen LogP contribution in [-0.4, -0.2) is 53.5 Å². The molecular weight excluding hydrogens is 428 g/mol. The number of amides is 1. The summed E-state index contributed by atoms with van der Waals surface area (Å²) in [5, 5.41) is 23.7. The molecule has 0 saturated heterocycles. The van der Waals surface area contributed by atoms with E-state index < -0.39 is 36.5 Å². The van der Waals surface area contributed by atoms with Crippen molar-refractivity contribution in [2.45, 2.75) is 24.9 Å².